The van der Waals surface area contributed by atoms with Gasteiger partial charge in [0.05, 0.1) is 6.26 Å². The summed E-state index contributed by atoms with van der Waals surface area (Å²) < 4.78 is 31.1. The molecule has 156 valence electrons. The van der Waals surface area contributed by atoms with Gasteiger partial charge in [0.1, 0.15) is 17.3 Å². The number of amides is 1. The average Bonchev–Trinajstić information content (AvgIpc) is 3.29. The average molecular weight is 427 g/mol. The Hall–Kier alpha value is -2.93. The normalized spacial score (nSPS) is 15.2. The van der Waals surface area contributed by atoms with E-state index < -0.39 is 10.8 Å². The number of carbonyl (C=O) groups is 1. The lowest BCUT2D eigenvalue weighted by atomic mass is 10.1. The van der Waals surface area contributed by atoms with Crippen LogP contribution < -0.4 is 4.90 Å². The predicted molar refractivity (Wildman–Crippen MR) is 116 cm³/mol. The highest BCUT2D eigenvalue weighted by Crippen LogP contribution is 2.21. The SMILES string of the molecule is O=C(CS(=O)Cc1cccc(-c2ccco2)c1)N1CCN(c2ccc(F)cc2)CC1. The molecule has 1 amide bonds. The first-order valence-corrected chi connectivity index (χ1v) is 11.3. The lowest BCUT2D eigenvalue weighted by molar-refractivity contribution is -0.128. The molecule has 0 saturated carbocycles. The van der Waals surface area contributed by atoms with Gasteiger partial charge in [-0.1, -0.05) is 18.2 Å². The molecule has 0 bridgehead atoms. The van der Waals surface area contributed by atoms with Crippen LogP contribution >= 0.6 is 0 Å². The smallest absolute Gasteiger partial charge is 0.235 e. The molecule has 1 fully saturated rings. The maximum absolute atomic E-state index is 13.1. The van der Waals surface area contributed by atoms with E-state index in [0.717, 1.165) is 22.6 Å². The van der Waals surface area contributed by atoms with Gasteiger partial charge in [-0.3, -0.25) is 9.00 Å². The molecule has 4 rings (SSSR count). The van der Waals surface area contributed by atoms with Crippen LogP contribution in [0.25, 0.3) is 11.3 Å². The van der Waals surface area contributed by atoms with Gasteiger partial charge in [0.25, 0.3) is 0 Å². The van der Waals surface area contributed by atoms with Gasteiger partial charge in [0.15, 0.2) is 0 Å². The highest BCUT2D eigenvalue weighted by atomic mass is 32.2. The summed E-state index contributed by atoms with van der Waals surface area (Å²) in [7, 11) is -1.28. The molecule has 5 nitrogen and oxygen atoms in total. The summed E-state index contributed by atoms with van der Waals surface area (Å²) in [6.07, 6.45) is 1.62. The van der Waals surface area contributed by atoms with E-state index >= 15 is 0 Å². The van der Waals surface area contributed by atoms with Crippen molar-refractivity contribution in [3.8, 4) is 11.3 Å². The number of benzene rings is 2. The Morgan fingerprint density at radius 2 is 1.77 bits per heavy atom. The number of nitrogens with zero attached hydrogens (tertiary/aromatic N) is 2. The Balaban J connectivity index is 1.29. The summed E-state index contributed by atoms with van der Waals surface area (Å²) in [6, 6.07) is 17.8. The van der Waals surface area contributed by atoms with E-state index in [9.17, 15) is 13.4 Å². The Morgan fingerprint density at radius 3 is 2.47 bits per heavy atom. The van der Waals surface area contributed by atoms with Gasteiger partial charge in [-0.05, 0) is 48.0 Å². The minimum Gasteiger partial charge on any atom is -0.464 e. The first kappa shape index (κ1) is 20.3. The van der Waals surface area contributed by atoms with Crippen molar-refractivity contribution in [3.05, 3.63) is 78.3 Å². The molecule has 2 heterocycles. The second-order valence-electron chi connectivity index (χ2n) is 7.25. The molecule has 1 aliphatic rings. The van der Waals surface area contributed by atoms with Crippen molar-refractivity contribution in [2.45, 2.75) is 5.75 Å². The molecule has 30 heavy (non-hydrogen) atoms. The fourth-order valence-electron chi connectivity index (χ4n) is 3.59. The van der Waals surface area contributed by atoms with Crippen LogP contribution in [0.1, 0.15) is 5.56 Å². The lowest BCUT2D eigenvalue weighted by Gasteiger charge is -2.36. The van der Waals surface area contributed by atoms with E-state index in [1.165, 1.54) is 12.1 Å². The molecular formula is C23H23FN2O3S. The van der Waals surface area contributed by atoms with Crippen LogP contribution in [0.15, 0.2) is 71.3 Å². The number of hydrogen-bond acceptors (Lipinski definition) is 4. The number of piperazine rings is 1. The van der Waals surface area contributed by atoms with Gasteiger partial charge < -0.3 is 14.2 Å². The van der Waals surface area contributed by atoms with E-state index in [1.54, 1.807) is 23.3 Å². The van der Waals surface area contributed by atoms with Crippen LogP contribution in [0, 0.1) is 5.82 Å². The van der Waals surface area contributed by atoms with Crippen molar-refractivity contribution in [1.29, 1.82) is 0 Å². The van der Waals surface area contributed by atoms with Crippen molar-refractivity contribution in [2.75, 3.05) is 36.8 Å². The molecule has 1 aliphatic heterocycles. The molecule has 0 spiro atoms. The molecule has 1 atom stereocenters. The van der Waals surface area contributed by atoms with Crippen molar-refractivity contribution in [2.24, 2.45) is 0 Å². The topological polar surface area (TPSA) is 53.8 Å². The fourth-order valence-corrected chi connectivity index (χ4v) is 4.70. The zero-order valence-electron chi connectivity index (χ0n) is 16.5. The second-order valence-corrected chi connectivity index (χ2v) is 8.71. The minimum atomic E-state index is -1.28. The molecule has 2 aromatic carbocycles. The Bertz CT molecular complexity index is 1010. The number of anilines is 1. The Kier molecular flexibility index (Phi) is 6.28. The quantitative estimate of drug-likeness (QED) is 0.603. The van der Waals surface area contributed by atoms with Gasteiger partial charge in [0, 0.05) is 54.0 Å². The van der Waals surface area contributed by atoms with Crippen molar-refractivity contribution >= 4 is 22.4 Å². The Morgan fingerprint density at radius 1 is 1.00 bits per heavy atom. The zero-order valence-corrected chi connectivity index (χ0v) is 17.3. The van der Waals surface area contributed by atoms with Crippen LogP contribution in [0.4, 0.5) is 10.1 Å². The van der Waals surface area contributed by atoms with Crippen LogP contribution in [0.2, 0.25) is 0 Å². The minimum absolute atomic E-state index is 0.0154. The molecule has 0 aliphatic carbocycles. The van der Waals surface area contributed by atoms with Gasteiger partial charge in [-0.2, -0.15) is 0 Å². The lowest BCUT2D eigenvalue weighted by Crippen LogP contribution is -2.50. The molecule has 7 heteroatoms. The summed E-state index contributed by atoms with van der Waals surface area (Å²) in [5, 5.41) is 0. The molecule has 3 aromatic rings. The van der Waals surface area contributed by atoms with Crippen molar-refractivity contribution in [1.82, 2.24) is 4.90 Å². The van der Waals surface area contributed by atoms with Crippen LogP contribution in [0.3, 0.4) is 0 Å². The van der Waals surface area contributed by atoms with E-state index in [2.05, 4.69) is 4.90 Å². The summed E-state index contributed by atoms with van der Waals surface area (Å²) in [4.78, 5) is 16.5. The molecular weight excluding hydrogens is 403 g/mol. The molecule has 0 radical (unpaired) electrons. The van der Waals surface area contributed by atoms with Gasteiger partial charge in [-0.25, -0.2) is 4.39 Å². The third-order valence-electron chi connectivity index (χ3n) is 5.17. The van der Waals surface area contributed by atoms with E-state index in [0.29, 0.717) is 31.9 Å². The summed E-state index contributed by atoms with van der Waals surface area (Å²) in [6.45, 7) is 2.49. The van der Waals surface area contributed by atoms with E-state index in [4.69, 9.17) is 4.42 Å². The monoisotopic (exact) mass is 426 g/mol. The van der Waals surface area contributed by atoms with E-state index in [1.807, 2.05) is 36.4 Å². The van der Waals surface area contributed by atoms with Crippen LogP contribution in [0.5, 0.6) is 0 Å². The number of carbonyl (C=O) groups excluding carboxylic acids is 1. The molecule has 1 saturated heterocycles. The standard InChI is InChI=1S/C23H23FN2O3S/c24-20-6-8-21(9-7-20)25-10-12-26(13-11-25)23(27)17-30(28)16-18-3-1-4-19(15-18)22-5-2-14-29-22/h1-9,14-15H,10-13,16-17H2. The summed E-state index contributed by atoms with van der Waals surface area (Å²) >= 11 is 0. The summed E-state index contributed by atoms with van der Waals surface area (Å²) in [5.41, 5.74) is 2.79. The first-order valence-electron chi connectivity index (χ1n) is 9.84. The maximum Gasteiger partial charge on any atom is 0.235 e. The zero-order chi connectivity index (χ0) is 20.9. The van der Waals surface area contributed by atoms with E-state index in [-0.39, 0.29) is 17.5 Å². The Labute approximate surface area is 177 Å². The fraction of sp³-hybridized carbons (Fsp3) is 0.261. The maximum atomic E-state index is 13.1. The predicted octanol–water partition coefficient (Wildman–Crippen LogP) is 3.68. The third kappa shape index (κ3) is 4.97. The molecule has 1 unspecified atom stereocenters. The second kappa shape index (κ2) is 9.26. The largest absolute Gasteiger partial charge is 0.464 e. The highest BCUT2D eigenvalue weighted by molar-refractivity contribution is 7.84. The molecule has 1 aromatic heterocycles. The molecule has 0 N–H and O–H groups in total. The number of rotatable bonds is 6. The van der Waals surface area contributed by atoms with Gasteiger partial charge >= 0.3 is 0 Å². The third-order valence-corrected chi connectivity index (χ3v) is 6.39. The van der Waals surface area contributed by atoms with Crippen LogP contribution in [-0.4, -0.2) is 46.9 Å². The highest BCUT2D eigenvalue weighted by Gasteiger charge is 2.22. The van der Waals surface area contributed by atoms with Crippen LogP contribution in [-0.2, 0) is 21.3 Å². The van der Waals surface area contributed by atoms with Gasteiger partial charge in [-0.15, -0.1) is 0 Å². The number of furan rings is 1. The number of hydrogen-bond donors (Lipinski definition) is 0. The summed E-state index contributed by atoms with van der Waals surface area (Å²) in [5.74, 6) is 0.758. The van der Waals surface area contributed by atoms with Crippen molar-refractivity contribution < 1.29 is 17.8 Å². The number of halogens is 1. The van der Waals surface area contributed by atoms with Crippen molar-refractivity contribution in [3.63, 3.8) is 0 Å². The van der Waals surface area contributed by atoms with Gasteiger partial charge in [0.2, 0.25) is 5.91 Å². The first-order chi connectivity index (χ1) is 14.6.